The molecule has 1 aromatic heterocycles. The normalized spacial score (nSPS) is 19.6. The van der Waals surface area contributed by atoms with Crippen molar-refractivity contribution in [2.24, 2.45) is 0 Å². The van der Waals surface area contributed by atoms with E-state index in [1.165, 1.54) is 0 Å². The van der Waals surface area contributed by atoms with Crippen LogP contribution in [0.3, 0.4) is 0 Å². The van der Waals surface area contributed by atoms with Gasteiger partial charge in [0.2, 0.25) is 0 Å². The van der Waals surface area contributed by atoms with Crippen LogP contribution in [-0.4, -0.2) is 43.1 Å². The molecule has 1 atom stereocenters. The van der Waals surface area contributed by atoms with E-state index in [9.17, 15) is 0 Å². The number of pyridine rings is 1. The zero-order valence-corrected chi connectivity index (χ0v) is 10.2. The summed E-state index contributed by atoms with van der Waals surface area (Å²) < 4.78 is 0. The van der Waals surface area contributed by atoms with Crippen molar-refractivity contribution in [1.82, 2.24) is 9.88 Å². The first kappa shape index (κ1) is 11.7. The van der Waals surface area contributed by atoms with Gasteiger partial charge in [-0.1, -0.05) is 0 Å². The fourth-order valence-corrected chi connectivity index (χ4v) is 2.16. The molecule has 0 bridgehead atoms. The molecule has 90 valence electrons. The largest absolute Gasteiger partial charge is 0.397 e. The summed E-state index contributed by atoms with van der Waals surface area (Å²) in [6.07, 6.45) is 2.71. The molecular formula is C12H17N5. The maximum Gasteiger partial charge on any atom is 0.146 e. The van der Waals surface area contributed by atoms with Gasteiger partial charge in [0, 0.05) is 19.1 Å². The number of nitriles is 1. The molecule has 0 saturated carbocycles. The quantitative estimate of drug-likeness (QED) is 0.810. The van der Waals surface area contributed by atoms with E-state index in [0.717, 1.165) is 25.3 Å². The molecular weight excluding hydrogens is 214 g/mol. The Kier molecular flexibility index (Phi) is 3.16. The SMILES string of the molecule is CN(C)C1CCN(c2ncc(N)cc2C#N)C1. The van der Waals surface area contributed by atoms with Crippen molar-refractivity contribution < 1.29 is 0 Å². The zero-order chi connectivity index (χ0) is 12.4. The fourth-order valence-electron chi connectivity index (χ4n) is 2.16. The topological polar surface area (TPSA) is 69.2 Å². The van der Waals surface area contributed by atoms with Gasteiger partial charge >= 0.3 is 0 Å². The molecule has 5 nitrogen and oxygen atoms in total. The maximum atomic E-state index is 9.10. The van der Waals surface area contributed by atoms with Crippen molar-refractivity contribution >= 4 is 11.5 Å². The molecule has 0 aliphatic carbocycles. The van der Waals surface area contributed by atoms with Gasteiger partial charge in [-0.25, -0.2) is 4.98 Å². The molecule has 1 unspecified atom stereocenters. The van der Waals surface area contributed by atoms with Gasteiger partial charge in [0.15, 0.2) is 0 Å². The second-order valence-electron chi connectivity index (χ2n) is 4.60. The highest BCUT2D eigenvalue weighted by Gasteiger charge is 2.26. The van der Waals surface area contributed by atoms with Crippen molar-refractivity contribution in [1.29, 1.82) is 5.26 Å². The van der Waals surface area contributed by atoms with Crippen molar-refractivity contribution in [2.75, 3.05) is 37.8 Å². The summed E-state index contributed by atoms with van der Waals surface area (Å²) in [6, 6.07) is 4.37. The minimum absolute atomic E-state index is 0.529. The lowest BCUT2D eigenvalue weighted by Crippen LogP contribution is -2.32. The molecule has 1 saturated heterocycles. The van der Waals surface area contributed by atoms with E-state index in [1.54, 1.807) is 12.3 Å². The summed E-state index contributed by atoms with van der Waals surface area (Å²) in [5.74, 6) is 0.756. The first-order valence-corrected chi connectivity index (χ1v) is 5.69. The van der Waals surface area contributed by atoms with Crippen LogP contribution < -0.4 is 10.6 Å². The van der Waals surface area contributed by atoms with E-state index in [-0.39, 0.29) is 0 Å². The summed E-state index contributed by atoms with van der Waals surface area (Å²) >= 11 is 0. The second-order valence-corrected chi connectivity index (χ2v) is 4.60. The lowest BCUT2D eigenvalue weighted by molar-refractivity contribution is 0.315. The van der Waals surface area contributed by atoms with Crippen molar-refractivity contribution in [3.8, 4) is 6.07 Å². The van der Waals surface area contributed by atoms with Crippen molar-refractivity contribution in [3.05, 3.63) is 17.8 Å². The van der Waals surface area contributed by atoms with E-state index in [1.807, 2.05) is 0 Å². The average Bonchev–Trinajstić information content (AvgIpc) is 2.78. The maximum absolute atomic E-state index is 9.10. The predicted molar refractivity (Wildman–Crippen MR) is 67.7 cm³/mol. The summed E-state index contributed by atoms with van der Waals surface area (Å²) in [5.41, 5.74) is 6.73. The number of nitrogen functional groups attached to an aromatic ring is 1. The van der Waals surface area contributed by atoms with E-state index in [0.29, 0.717) is 17.3 Å². The van der Waals surface area contributed by atoms with Gasteiger partial charge in [-0.2, -0.15) is 5.26 Å². The molecule has 1 aromatic rings. The molecule has 1 fully saturated rings. The minimum Gasteiger partial charge on any atom is -0.397 e. The lowest BCUT2D eigenvalue weighted by atomic mass is 10.2. The molecule has 17 heavy (non-hydrogen) atoms. The van der Waals surface area contributed by atoms with Crippen LogP contribution in [0.5, 0.6) is 0 Å². The van der Waals surface area contributed by atoms with Crippen molar-refractivity contribution in [2.45, 2.75) is 12.5 Å². The Bertz CT molecular complexity index is 449. The van der Waals surface area contributed by atoms with Crippen molar-refractivity contribution in [3.63, 3.8) is 0 Å². The summed E-state index contributed by atoms with van der Waals surface area (Å²) in [6.45, 7) is 1.85. The molecule has 1 aliphatic rings. The van der Waals surface area contributed by atoms with Crippen LogP contribution in [0.1, 0.15) is 12.0 Å². The Balaban J connectivity index is 2.22. The molecule has 0 spiro atoms. The van der Waals surface area contributed by atoms with E-state index in [2.05, 4.69) is 34.9 Å². The average molecular weight is 231 g/mol. The Hall–Kier alpha value is -1.80. The lowest BCUT2D eigenvalue weighted by Gasteiger charge is -2.21. The highest BCUT2D eigenvalue weighted by molar-refractivity contribution is 5.59. The van der Waals surface area contributed by atoms with Crippen LogP contribution >= 0.6 is 0 Å². The summed E-state index contributed by atoms with van der Waals surface area (Å²) in [5, 5.41) is 9.10. The van der Waals surface area contributed by atoms with Gasteiger partial charge in [0.25, 0.3) is 0 Å². The number of aromatic nitrogens is 1. The Morgan fingerprint density at radius 2 is 2.35 bits per heavy atom. The van der Waals surface area contributed by atoms with Crippen LogP contribution in [0, 0.1) is 11.3 Å². The number of nitrogens with two attached hydrogens (primary N) is 1. The van der Waals surface area contributed by atoms with Gasteiger partial charge in [0.1, 0.15) is 11.9 Å². The third-order valence-corrected chi connectivity index (χ3v) is 3.20. The third-order valence-electron chi connectivity index (χ3n) is 3.20. The molecule has 1 aliphatic heterocycles. The first-order valence-electron chi connectivity index (χ1n) is 5.69. The molecule has 0 amide bonds. The van der Waals surface area contributed by atoms with Gasteiger partial charge < -0.3 is 15.5 Å². The molecule has 2 N–H and O–H groups in total. The van der Waals surface area contributed by atoms with Gasteiger partial charge in [-0.15, -0.1) is 0 Å². The Morgan fingerprint density at radius 1 is 1.59 bits per heavy atom. The van der Waals surface area contributed by atoms with E-state index < -0.39 is 0 Å². The molecule has 0 radical (unpaired) electrons. The Labute approximate surface area is 101 Å². The summed E-state index contributed by atoms with van der Waals surface area (Å²) in [4.78, 5) is 8.65. The monoisotopic (exact) mass is 231 g/mol. The fraction of sp³-hybridized carbons (Fsp3) is 0.500. The highest BCUT2D eigenvalue weighted by atomic mass is 15.3. The number of nitrogens with zero attached hydrogens (tertiary/aromatic N) is 4. The van der Waals surface area contributed by atoms with E-state index >= 15 is 0 Å². The zero-order valence-electron chi connectivity index (χ0n) is 10.2. The van der Waals surface area contributed by atoms with Crippen LogP contribution in [-0.2, 0) is 0 Å². The van der Waals surface area contributed by atoms with Crippen LogP contribution in [0.2, 0.25) is 0 Å². The predicted octanol–water partition coefficient (Wildman–Crippen LogP) is 0.676. The highest BCUT2D eigenvalue weighted by Crippen LogP contribution is 2.24. The van der Waals surface area contributed by atoms with Crippen LogP contribution in [0.25, 0.3) is 0 Å². The Morgan fingerprint density at radius 3 is 2.94 bits per heavy atom. The molecule has 2 rings (SSSR count). The number of hydrogen-bond acceptors (Lipinski definition) is 5. The number of hydrogen-bond donors (Lipinski definition) is 1. The number of likely N-dealkylation sites (N-methyl/N-ethyl adjacent to an activating group) is 1. The molecule has 5 heteroatoms. The third kappa shape index (κ3) is 2.32. The van der Waals surface area contributed by atoms with Crippen LogP contribution in [0.15, 0.2) is 12.3 Å². The number of rotatable bonds is 2. The van der Waals surface area contributed by atoms with Gasteiger partial charge in [-0.3, -0.25) is 0 Å². The molecule has 2 heterocycles. The van der Waals surface area contributed by atoms with E-state index in [4.69, 9.17) is 11.0 Å². The second kappa shape index (κ2) is 4.60. The first-order chi connectivity index (χ1) is 8.11. The molecule has 0 aromatic carbocycles. The van der Waals surface area contributed by atoms with Crippen LogP contribution in [0.4, 0.5) is 11.5 Å². The number of anilines is 2. The van der Waals surface area contributed by atoms with Gasteiger partial charge in [0.05, 0.1) is 17.4 Å². The minimum atomic E-state index is 0.529. The summed E-state index contributed by atoms with van der Waals surface area (Å²) in [7, 11) is 4.16. The standard InChI is InChI=1S/C12H17N5/c1-16(2)11-3-4-17(8-11)12-9(6-13)5-10(14)7-15-12/h5,7,11H,3-4,8,14H2,1-2H3. The van der Waals surface area contributed by atoms with Gasteiger partial charge in [-0.05, 0) is 26.6 Å². The smallest absolute Gasteiger partial charge is 0.146 e.